The third-order valence-corrected chi connectivity index (χ3v) is 4.68. The third-order valence-electron chi connectivity index (χ3n) is 4.68. The summed E-state index contributed by atoms with van der Waals surface area (Å²) in [5, 5.41) is 2.44. The molecular weight excluding hydrogens is 274 g/mol. The van der Waals surface area contributed by atoms with Gasteiger partial charge in [-0.25, -0.2) is 0 Å². The van der Waals surface area contributed by atoms with Crippen LogP contribution in [0, 0.1) is 0 Å². The summed E-state index contributed by atoms with van der Waals surface area (Å²) in [6, 6.07) is 12.6. The van der Waals surface area contributed by atoms with E-state index in [2.05, 4.69) is 44.2 Å². The molecule has 1 aliphatic rings. The van der Waals surface area contributed by atoms with E-state index in [1.165, 1.54) is 16.3 Å². The van der Waals surface area contributed by atoms with E-state index in [0.717, 1.165) is 17.8 Å². The van der Waals surface area contributed by atoms with Crippen molar-refractivity contribution in [1.29, 1.82) is 0 Å². The fourth-order valence-corrected chi connectivity index (χ4v) is 3.31. The Morgan fingerprint density at radius 2 is 2.00 bits per heavy atom. The maximum absolute atomic E-state index is 11.8. The van der Waals surface area contributed by atoms with Crippen LogP contribution < -0.4 is 0 Å². The van der Waals surface area contributed by atoms with Gasteiger partial charge < -0.3 is 4.74 Å². The number of fused-ring (bicyclic) bond motifs is 3. The van der Waals surface area contributed by atoms with Crippen molar-refractivity contribution in [2.45, 2.75) is 39.0 Å². The monoisotopic (exact) mass is 295 g/mol. The molecule has 0 N–H and O–H groups in total. The van der Waals surface area contributed by atoms with E-state index in [1.54, 1.807) is 0 Å². The molecule has 0 amide bonds. The molecule has 1 heterocycles. The van der Waals surface area contributed by atoms with Gasteiger partial charge in [-0.05, 0) is 42.7 Å². The van der Waals surface area contributed by atoms with Crippen LogP contribution in [0.2, 0.25) is 0 Å². The minimum absolute atomic E-state index is 0.134. The molecule has 0 saturated carbocycles. The summed E-state index contributed by atoms with van der Waals surface area (Å²) in [7, 11) is 0. The SMILES string of the molecule is CCOC(=O)CCC1(C)C(C)=Nc2ccc3ccccc3c21. The molecule has 0 spiro atoms. The first kappa shape index (κ1) is 14.8. The Labute approximate surface area is 131 Å². The van der Waals surface area contributed by atoms with Crippen LogP contribution in [0.25, 0.3) is 10.8 Å². The van der Waals surface area contributed by atoms with Gasteiger partial charge in [-0.1, -0.05) is 37.3 Å². The van der Waals surface area contributed by atoms with Crippen molar-refractivity contribution >= 4 is 28.1 Å². The highest BCUT2D eigenvalue weighted by atomic mass is 16.5. The molecule has 2 aromatic rings. The average Bonchev–Trinajstić information content (AvgIpc) is 2.78. The maximum atomic E-state index is 11.8. The van der Waals surface area contributed by atoms with Crippen LogP contribution in [0.1, 0.15) is 39.2 Å². The third kappa shape index (κ3) is 2.31. The van der Waals surface area contributed by atoms with Crippen molar-refractivity contribution < 1.29 is 9.53 Å². The van der Waals surface area contributed by atoms with Crippen molar-refractivity contribution in [3.05, 3.63) is 42.0 Å². The highest BCUT2D eigenvalue weighted by Crippen LogP contribution is 2.46. The minimum Gasteiger partial charge on any atom is -0.466 e. The van der Waals surface area contributed by atoms with E-state index in [0.29, 0.717) is 13.0 Å². The van der Waals surface area contributed by atoms with E-state index in [1.807, 2.05) is 13.0 Å². The highest BCUT2D eigenvalue weighted by Gasteiger charge is 2.38. The van der Waals surface area contributed by atoms with Gasteiger partial charge in [-0.2, -0.15) is 0 Å². The molecule has 0 radical (unpaired) electrons. The molecule has 22 heavy (non-hydrogen) atoms. The number of ether oxygens (including phenoxy) is 1. The molecule has 2 aromatic carbocycles. The first-order chi connectivity index (χ1) is 10.6. The zero-order valence-electron chi connectivity index (χ0n) is 13.3. The number of esters is 1. The number of carbonyl (C=O) groups is 1. The Bertz CT molecular complexity index is 763. The molecule has 114 valence electrons. The quantitative estimate of drug-likeness (QED) is 0.776. The Hall–Kier alpha value is -2.16. The van der Waals surface area contributed by atoms with Crippen LogP contribution in [-0.4, -0.2) is 18.3 Å². The molecule has 3 nitrogen and oxygen atoms in total. The average molecular weight is 295 g/mol. The Kier molecular flexibility index (Phi) is 3.73. The standard InChI is InChI=1S/C19H21NO2/c1-4-22-17(21)11-12-19(3)13(2)20-16-10-9-14-7-5-6-8-15(14)18(16)19/h5-10H,4,11-12H2,1-3H3. The summed E-state index contributed by atoms with van der Waals surface area (Å²) in [5.74, 6) is -0.134. The maximum Gasteiger partial charge on any atom is 0.305 e. The Morgan fingerprint density at radius 3 is 2.77 bits per heavy atom. The van der Waals surface area contributed by atoms with Crippen LogP contribution in [0.3, 0.4) is 0 Å². The molecule has 0 aromatic heterocycles. The highest BCUT2D eigenvalue weighted by molar-refractivity contribution is 6.06. The number of aliphatic imine (C=N–C) groups is 1. The zero-order chi connectivity index (χ0) is 15.7. The normalized spacial score (nSPS) is 19.9. The van der Waals surface area contributed by atoms with Crippen molar-refractivity contribution in [3.63, 3.8) is 0 Å². The molecule has 1 atom stereocenters. The van der Waals surface area contributed by atoms with Crippen LogP contribution in [0.15, 0.2) is 41.4 Å². The van der Waals surface area contributed by atoms with Gasteiger partial charge in [0.15, 0.2) is 0 Å². The lowest BCUT2D eigenvalue weighted by Gasteiger charge is -2.27. The van der Waals surface area contributed by atoms with E-state index in [-0.39, 0.29) is 11.4 Å². The lowest BCUT2D eigenvalue weighted by atomic mass is 9.74. The lowest BCUT2D eigenvalue weighted by molar-refractivity contribution is -0.143. The van der Waals surface area contributed by atoms with Crippen molar-refractivity contribution in [2.75, 3.05) is 6.61 Å². The van der Waals surface area contributed by atoms with E-state index >= 15 is 0 Å². The second-order valence-corrected chi connectivity index (χ2v) is 6.02. The fourth-order valence-electron chi connectivity index (χ4n) is 3.31. The summed E-state index contributed by atoms with van der Waals surface area (Å²) < 4.78 is 5.08. The Balaban J connectivity index is 2.02. The predicted molar refractivity (Wildman–Crippen MR) is 89.9 cm³/mol. The molecule has 0 saturated heterocycles. The molecular formula is C19H21NO2. The van der Waals surface area contributed by atoms with Gasteiger partial charge in [0, 0.05) is 17.5 Å². The predicted octanol–water partition coefficient (Wildman–Crippen LogP) is 4.55. The van der Waals surface area contributed by atoms with Gasteiger partial charge in [0.2, 0.25) is 0 Å². The van der Waals surface area contributed by atoms with Crippen molar-refractivity contribution in [2.24, 2.45) is 4.99 Å². The molecule has 1 aliphatic heterocycles. The first-order valence-corrected chi connectivity index (χ1v) is 7.80. The van der Waals surface area contributed by atoms with Crippen LogP contribution >= 0.6 is 0 Å². The van der Waals surface area contributed by atoms with Crippen LogP contribution in [0.4, 0.5) is 5.69 Å². The second kappa shape index (κ2) is 5.56. The number of hydrogen-bond acceptors (Lipinski definition) is 3. The number of rotatable bonds is 4. The molecule has 3 heteroatoms. The summed E-state index contributed by atoms with van der Waals surface area (Å²) in [5.41, 5.74) is 3.14. The topological polar surface area (TPSA) is 38.7 Å². The summed E-state index contributed by atoms with van der Waals surface area (Å²) in [6.07, 6.45) is 1.14. The van der Waals surface area contributed by atoms with Crippen molar-refractivity contribution in [1.82, 2.24) is 0 Å². The first-order valence-electron chi connectivity index (χ1n) is 7.80. The number of carbonyl (C=O) groups excluding carboxylic acids is 1. The minimum atomic E-state index is -0.205. The van der Waals surface area contributed by atoms with E-state index in [4.69, 9.17) is 9.73 Å². The fraction of sp³-hybridized carbons (Fsp3) is 0.368. The van der Waals surface area contributed by atoms with E-state index < -0.39 is 0 Å². The van der Waals surface area contributed by atoms with Crippen LogP contribution in [0.5, 0.6) is 0 Å². The summed E-state index contributed by atoms with van der Waals surface area (Å²) in [6.45, 7) is 6.51. The second-order valence-electron chi connectivity index (χ2n) is 6.02. The molecule has 3 rings (SSSR count). The van der Waals surface area contributed by atoms with E-state index in [9.17, 15) is 4.79 Å². The van der Waals surface area contributed by atoms with Crippen molar-refractivity contribution in [3.8, 4) is 0 Å². The van der Waals surface area contributed by atoms with Gasteiger partial charge in [-0.15, -0.1) is 0 Å². The number of benzene rings is 2. The number of nitrogens with zero attached hydrogens (tertiary/aromatic N) is 1. The van der Waals surface area contributed by atoms with Crippen LogP contribution in [-0.2, 0) is 14.9 Å². The van der Waals surface area contributed by atoms with Gasteiger partial charge in [-0.3, -0.25) is 9.79 Å². The Morgan fingerprint density at radius 1 is 1.23 bits per heavy atom. The largest absolute Gasteiger partial charge is 0.466 e. The molecule has 1 unspecified atom stereocenters. The summed E-state index contributed by atoms with van der Waals surface area (Å²) in [4.78, 5) is 16.5. The molecule has 0 aliphatic carbocycles. The number of hydrogen-bond donors (Lipinski definition) is 0. The molecule has 0 bridgehead atoms. The molecule has 0 fully saturated rings. The van der Waals surface area contributed by atoms with Gasteiger partial charge in [0.05, 0.1) is 12.3 Å². The zero-order valence-corrected chi connectivity index (χ0v) is 13.3. The smallest absolute Gasteiger partial charge is 0.305 e. The van der Waals surface area contributed by atoms with Gasteiger partial charge in [0.25, 0.3) is 0 Å². The van der Waals surface area contributed by atoms with Gasteiger partial charge in [0.1, 0.15) is 0 Å². The summed E-state index contributed by atoms with van der Waals surface area (Å²) >= 11 is 0. The van der Waals surface area contributed by atoms with Gasteiger partial charge >= 0.3 is 5.97 Å². The lowest BCUT2D eigenvalue weighted by Crippen LogP contribution is -2.29.